The Labute approximate surface area is 439 Å². The lowest BCUT2D eigenvalue weighted by atomic mass is 10.0. The average molecular weight is 1010 g/mol. The van der Waals surface area contributed by atoms with E-state index in [1.165, 1.54) is 225 Å². The molecule has 1 N–H and O–H groups in total. The minimum atomic E-state index is -1.50. The van der Waals surface area contributed by atoms with E-state index in [0.717, 1.165) is 44.9 Å². The van der Waals surface area contributed by atoms with Crippen molar-refractivity contribution in [1.29, 1.82) is 0 Å². The van der Waals surface area contributed by atoms with E-state index in [-0.39, 0.29) is 38.2 Å². The van der Waals surface area contributed by atoms with Crippen LogP contribution in [-0.4, -0.2) is 87.4 Å². The van der Waals surface area contributed by atoms with Crippen LogP contribution in [0.3, 0.4) is 0 Å². The van der Waals surface area contributed by atoms with Gasteiger partial charge in [-0.3, -0.25) is 9.59 Å². The van der Waals surface area contributed by atoms with E-state index in [1.54, 1.807) is 0 Å². The lowest BCUT2D eigenvalue weighted by Crippen LogP contribution is -2.40. The van der Waals surface area contributed by atoms with E-state index >= 15 is 0 Å². The number of carboxylic acid groups (broad SMARTS) is 1. The van der Waals surface area contributed by atoms with Crippen LogP contribution in [0.4, 0.5) is 0 Å². The van der Waals surface area contributed by atoms with Gasteiger partial charge in [-0.2, -0.15) is 0 Å². The standard InChI is InChI=1S/C62H117NO8/c1-6-8-10-12-14-16-17-18-19-20-21-22-23-24-25-26-27-28-29-30-31-32-33-34-35-36-37-38-39-40-41-42-43-45-47-49-51-53-60(65)71-58(57-70-62(61(66)67)68-55-54-63(3,4)5)56-69-59(64)52-50-48-46-44-15-13-11-9-7-2/h17-18,20-21,58,62H,6-16,19,22-57H2,1-5H3/p+1/b18-17-,21-20-. The van der Waals surface area contributed by atoms with Crippen LogP contribution in [0.2, 0.25) is 0 Å². The second-order valence-corrected chi connectivity index (χ2v) is 22.0. The monoisotopic (exact) mass is 1000 g/mol. The number of allylic oxidation sites excluding steroid dienone is 4. The van der Waals surface area contributed by atoms with Crippen molar-refractivity contribution in [2.24, 2.45) is 0 Å². The number of aliphatic carboxylic acids is 1. The third-order valence-electron chi connectivity index (χ3n) is 13.7. The van der Waals surface area contributed by atoms with Crippen molar-refractivity contribution in [3.63, 3.8) is 0 Å². The Kier molecular flexibility index (Phi) is 52.3. The molecule has 0 aliphatic rings. The molecule has 0 aromatic carbocycles. The summed E-state index contributed by atoms with van der Waals surface area (Å²) in [6, 6.07) is 0. The van der Waals surface area contributed by atoms with E-state index in [9.17, 15) is 19.5 Å². The number of nitrogens with zero attached hydrogens (tertiary/aromatic N) is 1. The molecule has 0 radical (unpaired) electrons. The summed E-state index contributed by atoms with van der Waals surface area (Å²) in [5.41, 5.74) is 0. The number of carbonyl (C=O) groups is 3. The quantitative estimate of drug-likeness (QED) is 0.0211. The number of quaternary nitrogens is 1. The average Bonchev–Trinajstić information content (AvgIpc) is 3.34. The van der Waals surface area contributed by atoms with Gasteiger partial charge >= 0.3 is 17.9 Å². The van der Waals surface area contributed by atoms with Crippen molar-refractivity contribution in [3.8, 4) is 0 Å². The highest BCUT2D eigenvalue weighted by atomic mass is 16.7. The molecular weight excluding hydrogens is 887 g/mol. The molecule has 0 heterocycles. The summed E-state index contributed by atoms with van der Waals surface area (Å²) in [4.78, 5) is 37.2. The fourth-order valence-corrected chi connectivity index (χ4v) is 8.99. The zero-order valence-electron chi connectivity index (χ0n) is 47.7. The molecule has 9 heteroatoms. The first-order valence-corrected chi connectivity index (χ1v) is 30.5. The molecule has 0 aromatic heterocycles. The first-order chi connectivity index (χ1) is 34.6. The molecule has 9 nitrogen and oxygen atoms in total. The number of hydrogen-bond acceptors (Lipinski definition) is 7. The number of likely N-dealkylation sites (N-methyl/N-ethyl adjacent to an activating group) is 1. The van der Waals surface area contributed by atoms with E-state index in [0.29, 0.717) is 17.4 Å². The van der Waals surface area contributed by atoms with E-state index in [2.05, 4.69) is 38.2 Å². The summed E-state index contributed by atoms with van der Waals surface area (Å²) < 4.78 is 22.8. The van der Waals surface area contributed by atoms with Crippen molar-refractivity contribution < 1.29 is 42.9 Å². The summed E-state index contributed by atoms with van der Waals surface area (Å²) >= 11 is 0. The van der Waals surface area contributed by atoms with Crippen molar-refractivity contribution in [3.05, 3.63) is 24.3 Å². The molecule has 0 amide bonds. The highest BCUT2D eigenvalue weighted by Crippen LogP contribution is 2.18. The lowest BCUT2D eigenvalue weighted by Gasteiger charge is -2.25. The van der Waals surface area contributed by atoms with Crippen molar-refractivity contribution in [2.75, 3.05) is 47.5 Å². The number of rotatable bonds is 57. The van der Waals surface area contributed by atoms with Crippen LogP contribution in [-0.2, 0) is 33.3 Å². The third-order valence-corrected chi connectivity index (χ3v) is 13.7. The van der Waals surface area contributed by atoms with Crippen LogP contribution in [0.15, 0.2) is 24.3 Å². The Balaban J connectivity index is 3.88. The summed E-state index contributed by atoms with van der Waals surface area (Å²) in [6.45, 7) is 4.88. The number of esters is 2. The number of unbranched alkanes of at least 4 members (excludes halogenated alkanes) is 38. The van der Waals surface area contributed by atoms with Gasteiger partial charge in [-0.25, -0.2) is 4.79 Å². The highest BCUT2D eigenvalue weighted by Gasteiger charge is 2.25. The van der Waals surface area contributed by atoms with Crippen LogP contribution in [0.25, 0.3) is 0 Å². The molecule has 0 aromatic rings. The highest BCUT2D eigenvalue weighted by molar-refractivity contribution is 5.71. The second kappa shape index (κ2) is 54.0. The fraction of sp³-hybridized carbons (Fsp3) is 0.887. The minimum Gasteiger partial charge on any atom is -0.477 e. The summed E-state index contributed by atoms with van der Waals surface area (Å²) in [5, 5.41) is 9.66. The second-order valence-electron chi connectivity index (χ2n) is 22.0. The molecule has 0 spiro atoms. The van der Waals surface area contributed by atoms with Gasteiger partial charge in [-0.05, 0) is 44.9 Å². The SMILES string of the molecule is CCCCCCC/C=C\C/C=C\CCCCCCCCCCCCCCCCCCCCCCCCCCCC(=O)OC(COC(=O)CCCCCCCCCCC)COC(OCC[N+](C)(C)C)C(=O)O. The Hall–Kier alpha value is -2.23. The molecule has 0 aliphatic heterocycles. The summed E-state index contributed by atoms with van der Waals surface area (Å²) in [6.07, 6.45) is 61.7. The molecule has 2 atom stereocenters. The molecule has 0 aliphatic carbocycles. The predicted octanol–water partition coefficient (Wildman–Crippen LogP) is 17.9. The smallest absolute Gasteiger partial charge is 0.361 e. The van der Waals surface area contributed by atoms with Crippen molar-refractivity contribution in [1.82, 2.24) is 0 Å². The first kappa shape index (κ1) is 68.8. The Morgan fingerprint density at radius 1 is 0.423 bits per heavy atom. The van der Waals surface area contributed by atoms with Crippen LogP contribution in [0.5, 0.6) is 0 Å². The topological polar surface area (TPSA) is 108 Å². The fourth-order valence-electron chi connectivity index (χ4n) is 8.99. The molecular formula is C62H118NO8+. The number of hydrogen-bond donors (Lipinski definition) is 1. The Morgan fingerprint density at radius 2 is 0.761 bits per heavy atom. The molecule has 0 saturated heterocycles. The van der Waals surface area contributed by atoms with Gasteiger partial charge in [0, 0.05) is 12.8 Å². The zero-order valence-corrected chi connectivity index (χ0v) is 47.7. The van der Waals surface area contributed by atoms with E-state index in [4.69, 9.17) is 18.9 Å². The minimum absolute atomic E-state index is 0.175. The van der Waals surface area contributed by atoms with Gasteiger partial charge in [-0.1, -0.05) is 263 Å². The summed E-state index contributed by atoms with van der Waals surface area (Å²) in [7, 11) is 5.97. The molecule has 0 saturated carbocycles. The number of ether oxygens (including phenoxy) is 4. The largest absolute Gasteiger partial charge is 0.477 e. The van der Waals surface area contributed by atoms with Gasteiger partial charge in [0.05, 0.1) is 34.4 Å². The molecule has 2 unspecified atom stereocenters. The molecule has 418 valence electrons. The Bertz CT molecular complexity index is 1210. The van der Waals surface area contributed by atoms with Crippen LogP contribution in [0, 0.1) is 0 Å². The van der Waals surface area contributed by atoms with Gasteiger partial charge in [0.2, 0.25) is 0 Å². The van der Waals surface area contributed by atoms with Gasteiger partial charge in [0.1, 0.15) is 13.2 Å². The van der Waals surface area contributed by atoms with Gasteiger partial charge < -0.3 is 28.5 Å². The normalized spacial score (nSPS) is 12.9. The van der Waals surface area contributed by atoms with Crippen LogP contribution >= 0.6 is 0 Å². The third kappa shape index (κ3) is 55.4. The van der Waals surface area contributed by atoms with E-state index < -0.39 is 18.4 Å². The lowest BCUT2D eigenvalue weighted by molar-refractivity contribution is -0.870. The number of carbonyl (C=O) groups excluding carboxylic acids is 2. The van der Waals surface area contributed by atoms with Crippen LogP contribution in [0.1, 0.15) is 296 Å². The molecule has 0 rings (SSSR count). The maximum atomic E-state index is 12.8. The predicted molar refractivity (Wildman–Crippen MR) is 300 cm³/mol. The van der Waals surface area contributed by atoms with Gasteiger partial charge in [0.15, 0.2) is 6.10 Å². The Morgan fingerprint density at radius 3 is 1.11 bits per heavy atom. The molecule has 0 bridgehead atoms. The molecule has 71 heavy (non-hydrogen) atoms. The number of carboxylic acids is 1. The van der Waals surface area contributed by atoms with E-state index in [1.807, 2.05) is 21.1 Å². The maximum absolute atomic E-state index is 12.8. The van der Waals surface area contributed by atoms with Crippen molar-refractivity contribution >= 4 is 17.9 Å². The van der Waals surface area contributed by atoms with Crippen LogP contribution < -0.4 is 0 Å². The summed E-state index contributed by atoms with van der Waals surface area (Å²) in [5.74, 6) is -1.99. The molecule has 0 fully saturated rings. The maximum Gasteiger partial charge on any atom is 0.361 e. The zero-order chi connectivity index (χ0) is 52.0. The van der Waals surface area contributed by atoms with Gasteiger partial charge in [-0.15, -0.1) is 0 Å². The van der Waals surface area contributed by atoms with Gasteiger partial charge in [0.25, 0.3) is 6.29 Å². The van der Waals surface area contributed by atoms with Crippen molar-refractivity contribution in [2.45, 2.75) is 309 Å². The first-order valence-electron chi connectivity index (χ1n) is 30.5.